The Labute approximate surface area is 191 Å². The standard InChI is InChI=1S/C23H25Cl2N5O/c1-14(27-15(2)22-28-20-7-5-17(24)13-21(20)29-22)16-4-6-18(19(25)12-16)23(31)30-10-3-8-26-9-11-30/h4-7,12-13,15,26-27H,1,3,8-11H2,2H3,(H,28,29). The number of imidazole rings is 1. The van der Waals surface area contributed by atoms with Crippen molar-refractivity contribution < 1.29 is 4.79 Å². The first kappa shape index (κ1) is 21.7. The van der Waals surface area contributed by atoms with E-state index in [0.29, 0.717) is 27.9 Å². The van der Waals surface area contributed by atoms with Gasteiger partial charge < -0.3 is 20.5 Å². The highest BCUT2D eigenvalue weighted by Gasteiger charge is 2.20. The number of fused-ring (bicyclic) bond motifs is 1. The predicted molar refractivity (Wildman–Crippen MR) is 127 cm³/mol. The van der Waals surface area contributed by atoms with Crippen LogP contribution in [0.4, 0.5) is 0 Å². The van der Waals surface area contributed by atoms with Gasteiger partial charge in [-0.3, -0.25) is 4.79 Å². The van der Waals surface area contributed by atoms with Crippen molar-refractivity contribution in [3.63, 3.8) is 0 Å². The van der Waals surface area contributed by atoms with Gasteiger partial charge in [-0.1, -0.05) is 35.8 Å². The van der Waals surface area contributed by atoms with E-state index in [1.807, 2.05) is 36.1 Å². The van der Waals surface area contributed by atoms with Crippen molar-refractivity contribution in [1.29, 1.82) is 0 Å². The van der Waals surface area contributed by atoms with Gasteiger partial charge in [0.15, 0.2) is 0 Å². The van der Waals surface area contributed by atoms with Crippen LogP contribution in [0.5, 0.6) is 0 Å². The SMILES string of the molecule is C=C(NC(C)c1nc2ccc(Cl)cc2[nH]1)c1ccc(C(=O)N2CCCNCC2)c(Cl)c1. The van der Waals surface area contributed by atoms with Crippen LogP contribution in [0.1, 0.15) is 41.1 Å². The third-order valence-corrected chi connectivity index (χ3v) is 5.99. The molecular weight excluding hydrogens is 433 g/mol. The molecule has 31 heavy (non-hydrogen) atoms. The van der Waals surface area contributed by atoms with Gasteiger partial charge in [0.1, 0.15) is 5.82 Å². The van der Waals surface area contributed by atoms with Gasteiger partial charge in [0.2, 0.25) is 0 Å². The lowest BCUT2D eigenvalue weighted by atomic mass is 10.1. The van der Waals surface area contributed by atoms with Gasteiger partial charge in [0, 0.05) is 30.4 Å². The first-order valence-corrected chi connectivity index (χ1v) is 11.1. The van der Waals surface area contributed by atoms with Gasteiger partial charge >= 0.3 is 0 Å². The highest BCUT2D eigenvalue weighted by molar-refractivity contribution is 6.34. The number of aromatic nitrogens is 2. The third-order valence-electron chi connectivity index (χ3n) is 5.44. The second-order valence-electron chi connectivity index (χ2n) is 7.72. The quantitative estimate of drug-likeness (QED) is 0.522. The van der Waals surface area contributed by atoms with Crippen LogP contribution in [-0.2, 0) is 0 Å². The van der Waals surface area contributed by atoms with Crippen molar-refractivity contribution in [1.82, 2.24) is 25.5 Å². The normalized spacial score (nSPS) is 15.5. The fourth-order valence-corrected chi connectivity index (χ4v) is 4.15. The third kappa shape index (κ3) is 4.87. The van der Waals surface area contributed by atoms with Crippen LogP contribution in [0.2, 0.25) is 10.0 Å². The summed E-state index contributed by atoms with van der Waals surface area (Å²) >= 11 is 12.5. The molecule has 1 aliphatic rings. The summed E-state index contributed by atoms with van der Waals surface area (Å²) in [5.41, 5.74) is 3.78. The molecule has 1 aromatic heterocycles. The van der Waals surface area contributed by atoms with Gasteiger partial charge in [-0.25, -0.2) is 4.98 Å². The van der Waals surface area contributed by atoms with Gasteiger partial charge in [-0.05, 0) is 55.8 Å². The van der Waals surface area contributed by atoms with Crippen LogP contribution in [-0.4, -0.2) is 47.0 Å². The fourth-order valence-electron chi connectivity index (χ4n) is 3.72. The monoisotopic (exact) mass is 457 g/mol. The van der Waals surface area contributed by atoms with Crippen molar-refractivity contribution in [2.75, 3.05) is 26.2 Å². The zero-order valence-electron chi connectivity index (χ0n) is 17.3. The summed E-state index contributed by atoms with van der Waals surface area (Å²) in [7, 11) is 0. The molecule has 0 saturated carbocycles. The molecule has 1 unspecified atom stereocenters. The van der Waals surface area contributed by atoms with Crippen LogP contribution in [0.15, 0.2) is 43.0 Å². The predicted octanol–water partition coefficient (Wildman–Crippen LogP) is 4.63. The summed E-state index contributed by atoms with van der Waals surface area (Å²) < 4.78 is 0. The number of benzene rings is 2. The minimum absolute atomic E-state index is 0.0341. The Balaban J connectivity index is 1.46. The van der Waals surface area contributed by atoms with Crippen LogP contribution < -0.4 is 10.6 Å². The molecule has 3 N–H and O–H groups in total. The number of nitrogens with one attached hydrogen (secondary N) is 3. The largest absolute Gasteiger partial charge is 0.375 e. The van der Waals surface area contributed by atoms with Crippen molar-refractivity contribution in [3.8, 4) is 0 Å². The number of hydrogen-bond acceptors (Lipinski definition) is 4. The molecule has 2 heterocycles. The maximum Gasteiger partial charge on any atom is 0.255 e. The molecule has 2 aromatic carbocycles. The van der Waals surface area contributed by atoms with Crippen molar-refractivity contribution >= 4 is 45.8 Å². The molecule has 1 fully saturated rings. The molecule has 162 valence electrons. The second kappa shape index (κ2) is 9.30. The number of carbonyl (C=O) groups is 1. The van der Waals surface area contributed by atoms with E-state index in [2.05, 4.69) is 27.2 Å². The summed E-state index contributed by atoms with van der Waals surface area (Å²) in [6, 6.07) is 10.9. The Morgan fingerprint density at radius 2 is 2.03 bits per heavy atom. The zero-order chi connectivity index (χ0) is 22.0. The van der Waals surface area contributed by atoms with E-state index in [4.69, 9.17) is 23.2 Å². The summed E-state index contributed by atoms with van der Waals surface area (Å²) in [5.74, 6) is 0.749. The molecule has 1 saturated heterocycles. The second-order valence-corrected chi connectivity index (χ2v) is 8.56. The fraction of sp³-hybridized carbons (Fsp3) is 0.304. The molecular formula is C23H25Cl2N5O. The van der Waals surface area contributed by atoms with Gasteiger partial charge in [-0.2, -0.15) is 0 Å². The lowest BCUT2D eigenvalue weighted by Crippen LogP contribution is -2.34. The van der Waals surface area contributed by atoms with Crippen LogP contribution >= 0.6 is 23.2 Å². The number of H-pyrrole nitrogens is 1. The van der Waals surface area contributed by atoms with Crippen LogP contribution in [0.3, 0.4) is 0 Å². The maximum absolute atomic E-state index is 12.9. The molecule has 3 aromatic rings. The van der Waals surface area contributed by atoms with E-state index in [0.717, 1.165) is 48.5 Å². The minimum Gasteiger partial charge on any atom is -0.375 e. The Bertz CT molecular complexity index is 1120. The summed E-state index contributed by atoms with van der Waals surface area (Å²) in [6.45, 7) is 9.29. The van der Waals surface area contributed by atoms with Gasteiger partial charge in [0.25, 0.3) is 5.91 Å². The molecule has 6 nitrogen and oxygen atoms in total. The van der Waals surface area contributed by atoms with Gasteiger partial charge in [0.05, 0.1) is 27.7 Å². The Kier molecular flexibility index (Phi) is 6.51. The number of amides is 1. The Morgan fingerprint density at radius 3 is 2.84 bits per heavy atom. The van der Waals surface area contributed by atoms with Crippen LogP contribution in [0.25, 0.3) is 16.7 Å². The van der Waals surface area contributed by atoms with E-state index in [-0.39, 0.29) is 11.9 Å². The minimum atomic E-state index is -0.108. The molecule has 8 heteroatoms. The van der Waals surface area contributed by atoms with E-state index in [1.165, 1.54) is 0 Å². The molecule has 0 radical (unpaired) electrons. The van der Waals surface area contributed by atoms with E-state index in [9.17, 15) is 4.79 Å². The highest BCUT2D eigenvalue weighted by atomic mass is 35.5. The Morgan fingerprint density at radius 1 is 1.19 bits per heavy atom. The average molecular weight is 458 g/mol. The van der Waals surface area contributed by atoms with Crippen LogP contribution in [0, 0.1) is 0 Å². The summed E-state index contributed by atoms with van der Waals surface area (Å²) in [4.78, 5) is 22.6. The number of rotatable bonds is 5. The number of hydrogen-bond donors (Lipinski definition) is 3. The summed E-state index contributed by atoms with van der Waals surface area (Å²) in [5, 5.41) is 7.74. The number of halogens is 2. The number of aromatic amines is 1. The molecule has 4 rings (SSSR count). The molecule has 1 atom stereocenters. The zero-order valence-corrected chi connectivity index (χ0v) is 18.9. The maximum atomic E-state index is 12.9. The van der Waals surface area contributed by atoms with E-state index in [1.54, 1.807) is 12.1 Å². The highest BCUT2D eigenvalue weighted by Crippen LogP contribution is 2.25. The van der Waals surface area contributed by atoms with E-state index >= 15 is 0 Å². The topological polar surface area (TPSA) is 73.0 Å². The van der Waals surface area contributed by atoms with Gasteiger partial charge in [-0.15, -0.1) is 0 Å². The molecule has 0 bridgehead atoms. The first-order valence-electron chi connectivity index (χ1n) is 10.3. The molecule has 0 aliphatic carbocycles. The Hall–Kier alpha value is -2.54. The number of nitrogens with zero attached hydrogens (tertiary/aromatic N) is 2. The lowest BCUT2D eigenvalue weighted by Gasteiger charge is -2.21. The van der Waals surface area contributed by atoms with Crippen molar-refractivity contribution in [2.45, 2.75) is 19.4 Å². The van der Waals surface area contributed by atoms with E-state index < -0.39 is 0 Å². The van der Waals surface area contributed by atoms with Crippen molar-refractivity contribution in [3.05, 3.63) is 70.0 Å². The molecule has 0 spiro atoms. The molecule has 1 aliphatic heterocycles. The number of carbonyl (C=O) groups excluding carboxylic acids is 1. The molecule has 1 amide bonds. The first-order chi connectivity index (χ1) is 14.9. The average Bonchev–Trinajstić information content (AvgIpc) is 2.98. The van der Waals surface area contributed by atoms with Crippen molar-refractivity contribution in [2.24, 2.45) is 0 Å². The summed E-state index contributed by atoms with van der Waals surface area (Å²) in [6.07, 6.45) is 0.939. The smallest absolute Gasteiger partial charge is 0.255 e. The lowest BCUT2D eigenvalue weighted by molar-refractivity contribution is 0.0766.